The zero-order chi connectivity index (χ0) is 15.5. The first-order chi connectivity index (χ1) is 9.94. The first-order valence-electron chi connectivity index (χ1n) is 6.75. The molecule has 0 aromatic heterocycles. The second-order valence-electron chi connectivity index (χ2n) is 5.10. The molecule has 1 aromatic carbocycles. The highest BCUT2D eigenvalue weighted by atomic mass is 32.2. The van der Waals surface area contributed by atoms with Crippen molar-refractivity contribution >= 4 is 16.0 Å². The van der Waals surface area contributed by atoms with Gasteiger partial charge in [0.15, 0.2) is 0 Å². The van der Waals surface area contributed by atoms with Gasteiger partial charge in [0.05, 0.1) is 17.9 Å². The molecule has 0 aliphatic heterocycles. The number of carboxylic acid groups (broad SMARTS) is 1. The molecule has 116 valence electrons. The lowest BCUT2D eigenvalue weighted by Crippen LogP contribution is -2.36. The van der Waals surface area contributed by atoms with Gasteiger partial charge in [0.2, 0.25) is 10.0 Å². The molecule has 0 spiro atoms. The molecule has 0 saturated heterocycles. The van der Waals surface area contributed by atoms with Crippen molar-refractivity contribution in [1.29, 1.82) is 0 Å². The molecular formula is C14H19NO5S. The Labute approximate surface area is 124 Å². The zero-order valence-electron chi connectivity index (χ0n) is 11.9. The van der Waals surface area contributed by atoms with E-state index in [0.717, 1.165) is 12.8 Å². The highest BCUT2D eigenvalue weighted by molar-refractivity contribution is 7.88. The van der Waals surface area contributed by atoms with Gasteiger partial charge in [-0.1, -0.05) is 12.1 Å². The fourth-order valence-corrected chi connectivity index (χ4v) is 3.96. The van der Waals surface area contributed by atoms with Crippen LogP contribution in [0, 0.1) is 0 Å². The molecule has 0 heterocycles. The maximum absolute atomic E-state index is 12.5. The second kappa shape index (κ2) is 6.55. The predicted octanol–water partition coefficient (Wildman–Crippen LogP) is 1.33. The van der Waals surface area contributed by atoms with Crippen molar-refractivity contribution in [2.45, 2.75) is 24.6 Å². The van der Waals surface area contributed by atoms with Crippen molar-refractivity contribution in [2.75, 3.05) is 20.3 Å². The van der Waals surface area contributed by atoms with Crippen LogP contribution in [-0.2, 0) is 20.5 Å². The van der Waals surface area contributed by atoms with E-state index in [9.17, 15) is 13.2 Å². The molecule has 0 bridgehead atoms. The minimum Gasteiger partial charge on any atom is -0.478 e. The lowest BCUT2D eigenvalue weighted by molar-refractivity contribution is 0.0696. The van der Waals surface area contributed by atoms with Gasteiger partial charge in [-0.2, -0.15) is 4.31 Å². The number of rotatable bonds is 8. The van der Waals surface area contributed by atoms with Crippen molar-refractivity contribution in [1.82, 2.24) is 4.31 Å². The summed E-state index contributed by atoms with van der Waals surface area (Å²) in [5.74, 6) is -1.25. The average Bonchev–Trinajstić information content (AvgIpc) is 3.23. The van der Waals surface area contributed by atoms with E-state index in [1.807, 2.05) is 0 Å². The molecular weight excluding hydrogens is 294 g/mol. The Balaban J connectivity index is 2.15. The van der Waals surface area contributed by atoms with Crippen molar-refractivity contribution < 1.29 is 23.1 Å². The van der Waals surface area contributed by atoms with Gasteiger partial charge in [-0.05, 0) is 30.5 Å². The van der Waals surface area contributed by atoms with Gasteiger partial charge in [0.25, 0.3) is 0 Å². The highest BCUT2D eigenvalue weighted by Gasteiger charge is 2.36. The highest BCUT2D eigenvalue weighted by Crippen LogP contribution is 2.30. The number of methoxy groups -OCH3 is 1. The number of hydrogen-bond donors (Lipinski definition) is 1. The van der Waals surface area contributed by atoms with Crippen LogP contribution in [0.2, 0.25) is 0 Å². The minimum atomic E-state index is -3.47. The summed E-state index contributed by atoms with van der Waals surface area (Å²) in [6.07, 6.45) is 1.75. The van der Waals surface area contributed by atoms with Crippen LogP contribution in [0.5, 0.6) is 0 Å². The largest absolute Gasteiger partial charge is 0.478 e. The SMILES string of the molecule is COCCN(C1CC1)S(=O)(=O)Cc1cccc(C(=O)O)c1. The molecule has 0 radical (unpaired) electrons. The van der Waals surface area contributed by atoms with Crippen LogP contribution in [0.1, 0.15) is 28.8 Å². The van der Waals surface area contributed by atoms with E-state index in [2.05, 4.69) is 0 Å². The van der Waals surface area contributed by atoms with E-state index in [4.69, 9.17) is 9.84 Å². The van der Waals surface area contributed by atoms with E-state index >= 15 is 0 Å². The Kier molecular flexibility index (Phi) is 4.97. The summed E-state index contributed by atoms with van der Waals surface area (Å²) in [5, 5.41) is 8.95. The first-order valence-corrected chi connectivity index (χ1v) is 8.35. The number of carboxylic acids is 1. The summed E-state index contributed by atoms with van der Waals surface area (Å²) in [6.45, 7) is 0.688. The monoisotopic (exact) mass is 313 g/mol. The van der Waals surface area contributed by atoms with Crippen LogP contribution in [0.25, 0.3) is 0 Å². The fourth-order valence-electron chi connectivity index (χ4n) is 2.18. The maximum atomic E-state index is 12.5. The minimum absolute atomic E-state index is 0.0628. The Morgan fingerprint density at radius 1 is 1.43 bits per heavy atom. The van der Waals surface area contributed by atoms with Crippen molar-refractivity contribution in [3.05, 3.63) is 35.4 Å². The molecule has 1 fully saturated rings. The molecule has 1 N–H and O–H groups in total. The predicted molar refractivity (Wildman–Crippen MR) is 77.6 cm³/mol. The van der Waals surface area contributed by atoms with Gasteiger partial charge in [0, 0.05) is 19.7 Å². The van der Waals surface area contributed by atoms with Gasteiger partial charge in [-0.25, -0.2) is 13.2 Å². The third kappa shape index (κ3) is 4.26. The molecule has 1 aliphatic carbocycles. The number of ether oxygens (including phenoxy) is 1. The fraction of sp³-hybridized carbons (Fsp3) is 0.500. The Morgan fingerprint density at radius 2 is 2.14 bits per heavy atom. The lowest BCUT2D eigenvalue weighted by atomic mass is 10.1. The van der Waals surface area contributed by atoms with E-state index in [1.54, 1.807) is 12.1 Å². The topological polar surface area (TPSA) is 83.9 Å². The molecule has 0 amide bonds. The van der Waals surface area contributed by atoms with Gasteiger partial charge in [-0.15, -0.1) is 0 Å². The molecule has 0 unspecified atom stereocenters. The molecule has 21 heavy (non-hydrogen) atoms. The summed E-state index contributed by atoms with van der Waals surface area (Å²) in [4.78, 5) is 10.9. The summed E-state index contributed by atoms with van der Waals surface area (Å²) in [7, 11) is -1.93. The normalized spacial score (nSPS) is 15.3. The maximum Gasteiger partial charge on any atom is 0.335 e. The summed E-state index contributed by atoms with van der Waals surface area (Å²) >= 11 is 0. The van der Waals surface area contributed by atoms with Crippen molar-refractivity contribution in [3.63, 3.8) is 0 Å². The third-order valence-electron chi connectivity index (χ3n) is 3.35. The van der Waals surface area contributed by atoms with Gasteiger partial charge in [-0.3, -0.25) is 0 Å². The van der Waals surface area contributed by atoms with E-state index in [-0.39, 0.29) is 17.4 Å². The van der Waals surface area contributed by atoms with E-state index in [1.165, 1.54) is 23.5 Å². The number of hydrogen-bond acceptors (Lipinski definition) is 4. The van der Waals surface area contributed by atoms with Crippen LogP contribution in [0.4, 0.5) is 0 Å². The Bertz CT molecular complexity index is 610. The third-order valence-corrected chi connectivity index (χ3v) is 5.24. The van der Waals surface area contributed by atoms with Crippen LogP contribution in [-0.4, -0.2) is 50.1 Å². The molecule has 2 rings (SSSR count). The molecule has 1 aromatic rings. The second-order valence-corrected chi connectivity index (χ2v) is 7.02. The molecule has 7 heteroatoms. The van der Waals surface area contributed by atoms with Crippen LogP contribution < -0.4 is 0 Å². The lowest BCUT2D eigenvalue weighted by Gasteiger charge is -2.21. The standard InChI is InChI=1S/C14H19NO5S/c1-20-8-7-15(13-5-6-13)21(18,19)10-11-3-2-4-12(9-11)14(16)17/h2-4,9,13H,5-8,10H2,1H3,(H,16,17). The number of benzene rings is 1. The van der Waals surface area contributed by atoms with Crippen molar-refractivity contribution in [3.8, 4) is 0 Å². The van der Waals surface area contributed by atoms with Crippen LogP contribution in [0.3, 0.4) is 0 Å². The van der Waals surface area contributed by atoms with E-state index < -0.39 is 16.0 Å². The van der Waals surface area contributed by atoms with Gasteiger partial charge < -0.3 is 9.84 Å². The number of aromatic carboxylic acids is 1. The summed E-state index contributed by atoms with van der Waals surface area (Å²) in [5.41, 5.74) is 0.579. The zero-order valence-corrected chi connectivity index (χ0v) is 12.7. The summed E-state index contributed by atoms with van der Waals surface area (Å²) < 4.78 is 31.4. The summed E-state index contributed by atoms with van der Waals surface area (Å²) in [6, 6.07) is 6.10. The smallest absolute Gasteiger partial charge is 0.335 e. The Morgan fingerprint density at radius 3 is 2.71 bits per heavy atom. The number of nitrogens with zero attached hydrogens (tertiary/aromatic N) is 1. The van der Waals surface area contributed by atoms with Crippen LogP contribution in [0.15, 0.2) is 24.3 Å². The Hall–Kier alpha value is -1.44. The van der Waals surface area contributed by atoms with Gasteiger partial charge in [0.1, 0.15) is 0 Å². The molecule has 1 saturated carbocycles. The van der Waals surface area contributed by atoms with Crippen LogP contribution >= 0.6 is 0 Å². The first kappa shape index (κ1) is 15.9. The average molecular weight is 313 g/mol. The van der Waals surface area contributed by atoms with E-state index in [0.29, 0.717) is 18.7 Å². The van der Waals surface area contributed by atoms with Gasteiger partial charge >= 0.3 is 5.97 Å². The molecule has 6 nitrogen and oxygen atoms in total. The van der Waals surface area contributed by atoms with Crippen molar-refractivity contribution in [2.24, 2.45) is 0 Å². The molecule has 1 aliphatic rings. The quantitative estimate of drug-likeness (QED) is 0.782. The number of sulfonamides is 1. The molecule has 0 atom stereocenters. The number of carbonyl (C=O) groups is 1.